The molecule has 0 saturated heterocycles. The molecule has 0 aliphatic rings. The summed E-state index contributed by atoms with van der Waals surface area (Å²) in [7, 11) is 4.81. The van der Waals surface area contributed by atoms with E-state index in [2.05, 4.69) is 35.2 Å². The predicted octanol–water partition coefficient (Wildman–Crippen LogP) is 4.47. The minimum Gasteiger partial charge on any atom is -0.195 e. The Labute approximate surface area is 96.9 Å². The monoisotopic (exact) mass is 262 g/mol. The lowest BCUT2D eigenvalue weighted by Crippen LogP contribution is -1.76. The van der Waals surface area contributed by atoms with Crippen LogP contribution in [-0.2, 0) is 8.26 Å². The van der Waals surface area contributed by atoms with Crippen molar-refractivity contribution in [2.45, 2.75) is 58.8 Å². The molecular weight excluding hydrogens is 243 g/mol. The van der Waals surface area contributed by atoms with Crippen LogP contribution in [0.5, 0.6) is 0 Å². The largest absolute Gasteiger partial charge is 0.317 e. The highest BCUT2D eigenvalue weighted by Crippen LogP contribution is 2.05. The number of unbranched alkanes of at least 4 members (excludes halogenated alkanes) is 6. The van der Waals surface area contributed by atoms with Gasteiger partial charge in [0.25, 0.3) is 0 Å². The van der Waals surface area contributed by atoms with Crippen LogP contribution in [0.25, 0.3) is 0 Å². The van der Waals surface area contributed by atoms with Crippen molar-refractivity contribution < 1.29 is 8.42 Å². The van der Waals surface area contributed by atoms with Crippen LogP contribution in [0.1, 0.15) is 58.8 Å². The Bertz CT molecular complexity index is 177. The number of halogens is 2. The lowest BCUT2D eigenvalue weighted by Gasteiger charge is -1.96. The molecule has 88 valence electrons. The summed E-state index contributed by atoms with van der Waals surface area (Å²) in [6.07, 6.45) is 9.97. The van der Waals surface area contributed by atoms with E-state index in [1.807, 2.05) is 0 Å². The van der Waals surface area contributed by atoms with Crippen LogP contribution in [-0.4, -0.2) is 8.42 Å². The molecule has 0 aromatic rings. The van der Waals surface area contributed by atoms with Gasteiger partial charge in [-0.25, -0.2) is 0 Å². The van der Waals surface area contributed by atoms with Crippen molar-refractivity contribution in [3.8, 4) is 0 Å². The molecule has 0 amide bonds. The van der Waals surface area contributed by atoms with Crippen molar-refractivity contribution in [2.24, 2.45) is 0 Å². The van der Waals surface area contributed by atoms with E-state index >= 15 is 0 Å². The van der Waals surface area contributed by atoms with Gasteiger partial charge >= 0.3 is 8.26 Å². The molecule has 0 rings (SSSR count). The molecule has 0 radical (unpaired) electrons. The molecule has 2 nitrogen and oxygen atoms in total. The summed E-state index contributed by atoms with van der Waals surface area (Å²) < 4.78 is 18.3. The lowest BCUT2D eigenvalue weighted by molar-refractivity contribution is 0.602. The highest BCUT2D eigenvalue weighted by Gasteiger charge is 1.88. The van der Waals surface area contributed by atoms with Crippen molar-refractivity contribution in [2.75, 3.05) is 0 Å². The van der Waals surface area contributed by atoms with Gasteiger partial charge in [-0.1, -0.05) is 58.8 Å². The summed E-state index contributed by atoms with van der Waals surface area (Å²) in [4.78, 5) is 0. The first kappa shape index (κ1) is 16.9. The van der Waals surface area contributed by atoms with Gasteiger partial charge in [-0.15, -0.1) is 0 Å². The maximum atomic E-state index is 9.16. The van der Waals surface area contributed by atoms with Gasteiger partial charge in [-0.2, -0.15) is 8.42 Å². The third-order valence-corrected chi connectivity index (χ3v) is 1.71. The Hall–Kier alpha value is 0.530. The van der Waals surface area contributed by atoms with Crippen molar-refractivity contribution in [3.05, 3.63) is 0 Å². The van der Waals surface area contributed by atoms with Gasteiger partial charge in [-0.05, 0) is 0 Å². The van der Waals surface area contributed by atoms with Crippen LogP contribution >= 0.6 is 21.4 Å². The first-order valence-corrected chi connectivity index (χ1v) is 8.19. The molecule has 0 fully saturated rings. The minimum atomic E-state index is -3.72. The number of hydrogen-bond donors (Lipinski definition) is 0. The van der Waals surface area contributed by atoms with Gasteiger partial charge in [0.2, 0.25) is 0 Å². The quantitative estimate of drug-likeness (QED) is 0.523. The van der Waals surface area contributed by atoms with Crippen LogP contribution < -0.4 is 0 Å². The van der Waals surface area contributed by atoms with Crippen molar-refractivity contribution in [3.63, 3.8) is 0 Å². The standard InChI is InChI=1S/C9H20.Cl2O2S/c1-3-5-7-9-8-6-4-2;1-5(2,3)4/h3-9H2,1-2H3;. The normalized spacial score (nSPS) is 10.6. The molecular formula is C9H20Cl2O2S. The second kappa shape index (κ2) is 11.6. The first-order valence-electron chi connectivity index (χ1n) is 5.06. The van der Waals surface area contributed by atoms with Crippen molar-refractivity contribution in [1.29, 1.82) is 0 Å². The second-order valence-electron chi connectivity index (χ2n) is 3.15. The third-order valence-electron chi connectivity index (χ3n) is 1.71. The molecule has 0 atom stereocenters. The Morgan fingerprint density at radius 2 is 1.00 bits per heavy atom. The molecule has 0 bridgehead atoms. The summed E-state index contributed by atoms with van der Waals surface area (Å²) in [5, 5.41) is 0. The molecule has 0 spiro atoms. The van der Waals surface area contributed by atoms with Crippen LogP contribution in [0.15, 0.2) is 0 Å². The van der Waals surface area contributed by atoms with E-state index in [4.69, 9.17) is 8.42 Å². The summed E-state index contributed by atoms with van der Waals surface area (Å²) in [5.74, 6) is 0. The molecule has 0 N–H and O–H groups in total. The molecule has 0 aromatic heterocycles. The van der Waals surface area contributed by atoms with E-state index in [0.717, 1.165) is 0 Å². The Morgan fingerprint density at radius 1 is 0.786 bits per heavy atom. The smallest absolute Gasteiger partial charge is 0.195 e. The molecule has 0 aromatic carbocycles. The lowest BCUT2D eigenvalue weighted by atomic mass is 10.1. The summed E-state index contributed by atoms with van der Waals surface area (Å²) in [6, 6.07) is 0. The highest BCUT2D eigenvalue weighted by molar-refractivity contribution is 8.31. The van der Waals surface area contributed by atoms with E-state index in [-0.39, 0.29) is 0 Å². The zero-order valence-electron chi connectivity index (χ0n) is 8.93. The van der Waals surface area contributed by atoms with E-state index in [1.54, 1.807) is 0 Å². The zero-order valence-corrected chi connectivity index (χ0v) is 11.3. The van der Waals surface area contributed by atoms with E-state index in [0.29, 0.717) is 0 Å². The molecule has 0 aliphatic heterocycles. The zero-order chi connectivity index (χ0) is 11.4. The first-order chi connectivity index (χ1) is 6.41. The number of rotatable bonds is 6. The van der Waals surface area contributed by atoms with Gasteiger partial charge in [-0.3, -0.25) is 0 Å². The molecule has 0 saturated carbocycles. The Balaban J connectivity index is 0. The van der Waals surface area contributed by atoms with Gasteiger partial charge in [0.05, 0.1) is 0 Å². The van der Waals surface area contributed by atoms with Gasteiger partial charge < -0.3 is 0 Å². The Kier molecular flexibility index (Phi) is 14.0. The predicted molar refractivity (Wildman–Crippen MR) is 64.3 cm³/mol. The topological polar surface area (TPSA) is 34.1 Å². The fourth-order valence-electron chi connectivity index (χ4n) is 1.03. The maximum absolute atomic E-state index is 9.16. The van der Waals surface area contributed by atoms with Crippen molar-refractivity contribution in [1.82, 2.24) is 0 Å². The Morgan fingerprint density at radius 3 is 1.21 bits per heavy atom. The van der Waals surface area contributed by atoms with Gasteiger partial charge in [0.1, 0.15) is 0 Å². The average Bonchev–Trinajstić information content (AvgIpc) is 2.01. The van der Waals surface area contributed by atoms with Crippen LogP contribution in [0.2, 0.25) is 0 Å². The second-order valence-corrected chi connectivity index (χ2v) is 6.81. The molecule has 14 heavy (non-hydrogen) atoms. The SMILES string of the molecule is CCCCCCCCC.O=S(=O)(Cl)Cl. The minimum absolute atomic E-state index is 1.37. The summed E-state index contributed by atoms with van der Waals surface area (Å²) in [6.45, 7) is 4.53. The molecule has 0 aliphatic carbocycles. The van der Waals surface area contributed by atoms with E-state index < -0.39 is 8.26 Å². The highest BCUT2D eigenvalue weighted by atomic mass is 36.0. The molecule has 0 unspecified atom stereocenters. The van der Waals surface area contributed by atoms with Gasteiger partial charge in [0, 0.05) is 21.4 Å². The van der Waals surface area contributed by atoms with E-state index in [9.17, 15) is 0 Å². The van der Waals surface area contributed by atoms with E-state index in [1.165, 1.54) is 44.9 Å². The fourth-order valence-corrected chi connectivity index (χ4v) is 1.03. The average molecular weight is 263 g/mol. The van der Waals surface area contributed by atoms with Crippen LogP contribution in [0, 0.1) is 0 Å². The third kappa shape index (κ3) is 39.1. The summed E-state index contributed by atoms with van der Waals surface area (Å²) >= 11 is 0. The van der Waals surface area contributed by atoms with Crippen molar-refractivity contribution >= 4 is 29.6 Å². The molecule has 0 heterocycles. The van der Waals surface area contributed by atoms with Crippen LogP contribution in [0.3, 0.4) is 0 Å². The maximum Gasteiger partial charge on any atom is 0.317 e. The van der Waals surface area contributed by atoms with Gasteiger partial charge in [0.15, 0.2) is 0 Å². The van der Waals surface area contributed by atoms with Crippen LogP contribution in [0.4, 0.5) is 0 Å². The fraction of sp³-hybridized carbons (Fsp3) is 1.00. The number of hydrogen-bond acceptors (Lipinski definition) is 2. The summed E-state index contributed by atoms with van der Waals surface area (Å²) in [5.41, 5.74) is 0. The molecule has 5 heteroatoms.